The number of nitrogens with two attached hydrogens (primary N) is 1. The molecule has 0 spiro atoms. The minimum atomic E-state index is 0.0954. The van der Waals surface area contributed by atoms with Crippen LogP contribution in [0.25, 0.3) is 0 Å². The van der Waals surface area contributed by atoms with E-state index in [-0.39, 0.29) is 5.84 Å². The van der Waals surface area contributed by atoms with E-state index in [4.69, 9.17) is 15.7 Å². The summed E-state index contributed by atoms with van der Waals surface area (Å²) in [4.78, 5) is 0. The first-order valence-corrected chi connectivity index (χ1v) is 6.90. The van der Waals surface area contributed by atoms with Crippen LogP contribution in [0.3, 0.4) is 0 Å². The SMILES string of the molecule is N/C(=N/O)c1ccc(OCC2CCCC2)c(Br)c1. The van der Waals surface area contributed by atoms with Crippen molar-refractivity contribution in [1.82, 2.24) is 0 Å². The summed E-state index contributed by atoms with van der Waals surface area (Å²) in [7, 11) is 0. The number of amidine groups is 1. The van der Waals surface area contributed by atoms with E-state index in [1.807, 2.05) is 6.07 Å². The van der Waals surface area contributed by atoms with Crippen LogP contribution in [0, 0.1) is 5.92 Å². The highest BCUT2D eigenvalue weighted by atomic mass is 79.9. The summed E-state index contributed by atoms with van der Waals surface area (Å²) in [6.45, 7) is 0.765. The van der Waals surface area contributed by atoms with Gasteiger partial charge in [0.15, 0.2) is 5.84 Å². The maximum atomic E-state index is 8.61. The molecule has 1 aromatic rings. The lowest BCUT2D eigenvalue weighted by molar-refractivity contribution is 0.251. The van der Waals surface area contributed by atoms with Gasteiger partial charge in [-0.15, -0.1) is 0 Å². The molecule has 0 amide bonds. The first kappa shape index (κ1) is 13.2. The minimum Gasteiger partial charge on any atom is -0.492 e. The molecule has 1 aliphatic rings. The molecule has 1 aromatic carbocycles. The smallest absolute Gasteiger partial charge is 0.170 e. The normalized spacial score (nSPS) is 17.1. The lowest BCUT2D eigenvalue weighted by atomic mass is 10.1. The van der Waals surface area contributed by atoms with Gasteiger partial charge in [0.1, 0.15) is 5.75 Å². The maximum absolute atomic E-state index is 8.61. The van der Waals surface area contributed by atoms with Crippen LogP contribution < -0.4 is 10.5 Å². The third kappa shape index (κ3) is 3.16. The topological polar surface area (TPSA) is 67.8 Å². The molecule has 2 rings (SSSR count). The van der Waals surface area contributed by atoms with Gasteiger partial charge in [-0.1, -0.05) is 18.0 Å². The zero-order valence-corrected chi connectivity index (χ0v) is 11.7. The summed E-state index contributed by atoms with van der Waals surface area (Å²) in [6, 6.07) is 5.41. The first-order chi connectivity index (χ1) is 8.70. The molecule has 0 heterocycles. The highest BCUT2D eigenvalue weighted by molar-refractivity contribution is 9.10. The molecule has 0 bridgehead atoms. The monoisotopic (exact) mass is 312 g/mol. The van der Waals surface area contributed by atoms with Crippen LogP contribution in [0.1, 0.15) is 31.2 Å². The van der Waals surface area contributed by atoms with Crippen LogP contribution in [0.5, 0.6) is 5.75 Å². The fourth-order valence-electron chi connectivity index (χ4n) is 2.22. The fourth-order valence-corrected chi connectivity index (χ4v) is 2.71. The standard InChI is InChI=1S/C13H17BrN2O2/c14-11-7-10(13(15)16-17)5-6-12(11)18-8-9-3-1-2-4-9/h5-7,9,17H,1-4,8H2,(H2,15,16). The highest BCUT2D eigenvalue weighted by Crippen LogP contribution is 2.29. The molecule has 0 unspecified atom stereocenters. The highest BCUT2D eigenvalue weighted by Gasteiger charge is 2.16. The molecule has 4 nitrogen and oxygen atoms in total. The first-order valence-electron chi connectivity index (χ1n) is 6.11. The Labute approximate surface area is 115 Å². The number of benzene rings is 1. The van der Waals surface area contributed by atoms with E-state index in [1.54, 1.807) is 12.1 Å². The van der Waals surface area contributed by atoms with Crippen molar-refractivity contribution >= 4 is 21.8 Å². The largest absolute Gasteiger partial charge is 0.492 e. The summed E-state index contributed by atoms with van der Waals surface area (Å²) in [5.41, 5.74) is 6.19. The van der Waals surface area contributed by atoms with Crippen molar-refractivity contribution in [3.63, 3.8) is 0 Å². The molecule has 0 atom stereocenters. The predicted octanol–water partition coefficient (Wildman–Crippen LogP) is 3.11. The van der Waals surface area contributed by atoms with Gasteiger partial charge < -0.3 is 15.7 Å². The Kier molecular flexibility index (Phi) is 4.47. The van der Waals surface area contributed by atoms with Crippen LogP contribution >= 0.6 is 15.9 Å². The molecular weight excluding hydrogens is 296 g/mol. The third-order valence-electron chi connectivity index (χ3n) is 3.28. The van der Waals surface area contributed by atoms with Crippen LogP contribution in [-0.2, 0) is 0 Å². The lowest BCUT2D eigenvalue weighted by Gasteiger charge is -2.13. The number of halogens is 1. The Balaban J connectivity index is 2.00. The van der Waals surface area contributed by atoms with Crippen molar-refractivity contribution in [2.45, 2.75) is 25.7 Å². The van der Waals surface area contributed by atoms with Crippen molar-refractivity contribution in [3.05, 3.63) is 28.2 Å². The molecule has 0 aromatic heterocycles. The Morgan fingerprint density at radius 1 is 1.44 bits per heavy atom. The van der Waals surface area contributed by atoms with Crippen molar-refractivity contribution in [2.24, 2.45) is 16.8 Å². The summed E-state index contributed by atoms with van der Waals surface area (Å²) in [6.07, 6.45) is 5.16. The van der Waals surface area contributed by atoms with Crippen molar-refractivity contribution in [1.29, 1.82) is 0 Å². The van der Waals surface area contributed by atoms with Crippen LogP contribution in [-0.4, -0.2) is 17.6 Å². The molecule has 18 heavy (non-hydrogen) atoms. The maximum Gasteiger partial charge on any atom is 0.170 e. The quantitative estimate of drug-likeness (QED) is 0.388. The summed E-state index contributed by atoms with van der Waals surface area (Å²) in [5.74, 6) is 1.58. The van der Waals surface area contributed by atoms with Gasteiger partial charge >= 0.3 is 0 Å². The zero-order valence-electron chi connectivity index (χ0n) is 10.1. The molecule has 1 saturated carbocycles. The number of oxime groups is 1. The Morgan fingerprint density at radius 2 is 2.17 bits per heavy atom. The summed E-state index contributed by atoms with van der Waals surface area (Å²) < 4.78 is 6.62. The van der Waals surface area contributed by atoms with Gasteiger partial charge in [-0.05, 0) is 52.9 Å². The molecule has 0 aliphatic heterocycles. The van der Waals surface area contributed by atoms with E-state index in [1.165, 1.54) is 25.7 Å². The number of nitrogens with zero attached hydrogens (tertiary/aromatic N) is 1. The molecule has 3 N–H and O–H groups in total. The summed E-state index contributed by atoms with van der Waals surface area (Å²) >= 11 is 3.44. The van der Waals surface area contributed by atoms with Gasteiger partial charge in [0.2, 0.25) is 0 Å². The molecule has 0 saturated heterocycles. The van der Waals surface area contributed by atoms with E-state index in [0.29, 0.717) is 11.5 Å². The Hall–Kier alpha value is -1.23. The Morgan fingerprint density at radius 3 is 2.78 bits per heavy atom. The van der Waals surface area contributed by atoms with Gasteiger partial charge in [-0.3, -0.25) is 0 Å². The molecular formula is C13H17BrN2O2. The second-order valence-electron chi connectivity index (χ2n) is 4.59. The van der Waals surface area contributed by atoms with E-state index < -0.39 is 0 Å². The number of rotatable bonds is 4. The Bertz CT molecular complexity index is 443. The van der Waals surface area contributed by atoms with E-state index in [0.717, 1.165) is 16.8 Å². The van der Waals surface area contributed by atoms with Crippen LogP contribution in [0.4, 0.5) is 0 Å². The van der Waals surface area contributed by atoms with Gasteiger partial charge in [0.05, 0.1) is 11.1 Å². The van der Waals surface area contributed by atoms with Gasteiger partial charge in [-0.2, -0.15) is 0 Å². The van der Waals surface area contributed by atoms with E-state index in [9.17, 15) is 0 Å². The van der Waals surface area contributed by atoms with Gasteiger partial charge in [0, 0.05) is 5.56 Å². The second kappa shape index (κ2) is 6.09. The third-order valence-corrected chi connectivity index (χ3v) is 3.90. The van der Waals surface area contributed by atoms with Gasteiger partial charge in [0.25, 0.3) is 0 Å². The average molecular weight is 313 g/mol. The number of hydrogen-bond acceptors (Lipinski definition) is 3. The number of ether oxygens (including phenoxy) is 1. The van der Waals surface area contributed by atoms with Gasteiger partial charge in [-0.25, -0.2) is 0 Å². The molecule has 0 radical (unpaired) electrons. The van der Waals surface area contributed by atoms with Crippen molar-refractivity contribution < 1.29 is 9.94 Å². The molecule has 98 valence electrons. The lowest BCUT2D eigenvalue weighted by Crippen LogP contribution is -2.13. The summed E-state index contributed by atoms with van der Waals surface area (Å²) in [5, 5.41) is 11.6. The van der Waals surface area contributed by atoms with Crippen molar-refractivity contribution in [3.8, 4) is 5.75 Å². The molecule has 1 fully saturated rings. The van der Waals surface area contributed by atoms with E-state index in [2.05, 4.69) is 21.1 Å². The predicted molar refractivity (Wildman–Crippen MR) is 74.1 cm³/mol. The van der Waals surface area contributed by atoms with Crippen LogP contribution in [0.2, 0.25) is 0 Å². The minimum absolute atomic E-state index is 0.0954. The van der Waals surface area contributed by atoms with Crippen molar-refractivity contribution in [2.75, 3.05) is 6.61 Å². The van der Waals surface area contributed by atoms with E-state index >= 15 is 0 Å². The molecule has 1 aliphatic carbocycles. The molecule has 5 heteroatoms. The fraction of sp³-hybridized carbons (Fsp3) is 0.462. The second-order valence-corrected chi connectivity index (χ2v) is 5.45. The average Bonchev–Trinajstić information content (AvgIpc) is 2.89. The zero-order chi connectivity index (χ0) is 13.0. The number of hydrogen-bond donors (Lipinski definition) is 2. The van der Waals surface area contributed by atoms with Crippen LogP contribution in [0.15, 0.2) is 27.8 Å².